The molecule has 0 fully saturated rings. The Hall–Kier alpha value is -1.87. The smallest absolute Gasteiger partial charge is 0.340 e. The summed E-state index contributed by atoms with van der Waals surface area (Å²) in [6.45, 7) is -1.51. The molecular formula is C9H13F4N5O. The van der Waals surface area contributed by atoms with Crippen LogP contribution in [0.15, 0.2) is 0 Å². The van der Waals surface area contributed by atoms with Crippen molar-refractivity contribution in [2.45, 2.75) is 12.3 Å². The van der Waals surface area contributed by atoms with Crippen molar-refractivity contribution >= 4 is 11.9 Å². The van der Waals surface area contributed by atoms with Crippen molar-refractivity contribution in [3.63, 3.8) is 0 Å². The molecule has 1 rings (SSSR count). The quantitative estimate of drug-likeness (QED) is 0.793. The van der Waals surface area contributed by atoms with Gasteiger partial charge in [-0.2, -0.15) is 23.7 Å². The number of hydrogen-bond acceptors (Lipinski definition) is 6. The van der Waals surface area contributed by atoms with Gasteiger partial charge in [-0.05, 0) is 0 Å². The molecule has 0 saturated carbocycles. The third-order valence-corrected chi connectivity index (χ3v) is 1.94. The van der Waals surface area contributed by atoms with Crippen molar-refractivity contribution < 1.29 is 22.3 Å². The summed E-state index contributed by atoms with van der Waals surface area (Å²) in [5.41, 5.74) is 0. The zero-order chi connectivity index (χ0) is 14.6. The van der Waals surface area contributed by atoms with Gasteiger partial charge in [0.15, 0.2) is 6.61 Å². The first kappa shape index (κ1) is 15.2. The highest BCUT2D eigenvalue weighted by Gasteiger charge is 2.42. The molecular weight excluding hydrogens is 270 g/mol. The van der Waals surface area contributed by atoms with Gasteiger partial charge in [-0.15, -0.1) is 0 Å². The lowest BCUT2D eigenvalue weighted by Crippen LogP contribution is -2.34. The first-order valence-corrected chi connectivity index (χ1v) is 5.16. The van der Waals surface area contributed by atoms with Crippen LogP contribution in [-0.2, 0) is 0 Å². The third-order valence-electron chi connectivity index (χ3n) is 1.94. The van der Waals surface area contributed by atoms with E-state index >= 15 is 0 Å². The van der Waals surface area contributed by atoms with E-state index in [0.29, 0.717) is 0 Å². The number of rotatable bonds is 6. The molecule has 0 aliphatic carbocycles. The average molecular weight is 283 g/mol. The molecule has 108 valence electrons. The van der Waals surface area contributed by atoms with E-state index in [0.717, 1.165) is 0 Å². The van der Waals surface area contributed by atoms with E-state index in [1.807, 2.05) is 0 Å². The Balaban J connectivity index is 2.86. The highest BCUT2D eigenvalue weighted by atomic mass is 19.3. The van der Waals surface area contributed by atoms with Crippen molar-refractivity contribution in [2.75, 3.05) is 38.0 Å². The fourth-order valence-electron chi connectivity index (χ4n) is 0.946. The lowest BCUT2D eigenvalue weighted by Gasteiger charge is -2.16. The van der Waals surface area contributed by atoms with Gasteiger partial charge in [0.1, 0.15) is 0 Å². The van der Waals surface area contributed by atoms with E-state index in [1.54, 1.807) is 14.1 Å². The number of alkyl halides is 4. The second kappa shape index (κ2) is 5.85. The van der Waals surface area contributed by atoms with Crippen LogP contribution in [-0.4, -0.2) is 55.0 Å². The number of ether oxygens (including phenoxy) is 1. The van der Waals surface area contributed by atoms with Gasteiger partial charge in [0.05, 0.1) is 0 Å². The predicted octanol–water partition coefficient (Wildman–Crippen LogP) is 1.26. The minimum atomic E-state index is -4.26. The topological polar surface area (TPSA) is 63.2 Å². The molecule has 0 spiro atoms. The number of hydrogen-bond donors (Lipinski definition) is 1. The molecule has 0 amide bonds. The molecule has 0 atom stereocenters. The summed E-state index contributed by atoms with van der Waals surface area (Å²) in [4.78, 5) is 12.7. The monoisotopic (exact) mass is 283 g/mol. The van der Waals surface area contributed by atoms with Crippen LogP contribution in [0.25, 0.3) is 0 Å². The molecule has 0 aliphatic rings. The van der Waals surface area contributed by atoms with Gasteiger partial charge in [-0.25, -0.2) is 8.78 Å². The largest absolute Gasteiger partial charge is 0.457 e. The summed E-state index contributed by atoms with van der Waals surface area (Å²) < 4.78 is 53.8. The Morgan fingerprint density at radius 1 is 1.26 bits per heavy atom. The van der Waals surface area contributed by atoms with Gasteiger partial charge in [-0.3, -0.25) is 0 Å². The van der Waals surface area contributed by atoms with Gasteiger partial charge in [0.25, 0.3) is 0 Å². The molecule has 0 radical (unpaired) electrons. The summed E-state index contributed by atoms with van der Waals surface area (Å²) in [6, 6.07) is -0.455. The lowest BCUT2D eigenvalue weighted by atomic mass is 10.4. The van der Waals surface area contributed by atoms with Crippen molar-refractivity contribution in [1.29, 1.82) is 0 Å². The molecule has 10 heteroatoms. The molecule has 6 nitrogen and oxygen atoms in total. The van der Waals surface area contributed by atoms with Gasteiger partial charge in [-0.1, -0.05) is 0 Å². The highest BCUT2D eigenvalue weighted by molar-refractivity contribution is 5.36. The summed E-state index contributed by atoms with van der Waals surface area (Å²) >= 11 is 0. The normalized spacial score (nSPS) is 11.6. The van der Waals surface area contributed by atoms with Crippen LogP contribution >= 0.6 is 0 Å². The van der Waals surface area contributed by atoms with Gasteiger partial charge in [0, 0.05) is 21.1 Å². The average Bonchev–Trinajstić information content (AvgIpc) is 2.35. The molecule has 0 saturated heterocycles. The van der Waals surface area contributed by atoms with Crippen molar-refractivity contribution in [3.8, 4) is 6.01 Å². The Kier molecular flexibility index (Phi) is 4.67. The first-order chi connectivity index (χ1) is 8.76. The molecule has 1 aromatic heterocycles. The van der Waals surface area contributed by atoms with E-state index in [4.69, 9.17) is 0 Å². The van der Waals surface area contributed by atoms with Gasteiger partial charge in [0.2, 0.25) is 11.9 Å². The molecule has 1 heterocycles. The van der Waals surface area contributed by atoms with E-state index in [2.05, 4.69) is 25.0 Å². The molecule has 0 bridgehead atoms. The summed E-state index contributed by atoms with van der Waals surface area (Å²) in [6.07, 6.45) is -3.81. The van der Waals surface area contributed by atoms with Crippen LogP contribution in [0.2, 0.25) is 0 Å². The molecule has 1 N–H and O–H groups in total. The summed E-state index contributed by atoms with van der Waals surface area (Å²) in [5, 5.41) is 2.58. The fraction of sp³-hybridized carbons (Fsp3) is 0.667. The maximum absolute atomic E-state index is 12.7. The van der Waals surface area contributed by atoms with E-state index in [9.17, 15) is 17.6 Å². The molecule has 0 aromatic carbocycles. The minimum absolute atomic E-state index is 0.0778. The molecule has 19 heavy (non-hydrogen) atoms. The van der Waals surface area contributed by atoms with Crippen molar-refractivity contribution in [3.05, 3.63) is 0 Å². The minimum Gasteiger partial charge on any atom is -0.457 e. The lowest BCUT2D eigenvalue weighted by molar-refractivity contribution is -0.149. The Morgan fingerprint density at radius 3 is 2.37 bits per heavy atom. The number of anilines is 2. The van der Waals surface area contributed by atoms with Crippen molar-refractivity contribution in [2.24, 2.45) is 0 Å². The van der Waals surface area contributed by atoms with Crippen LogP contribution in [0.3, 0.4) is 0 Å². The second-order valence-electron chi connectivity index (χ2n) is 3.74. The summed E-state index contributed by atoms with van der Waals surface area (Å²) in [5.74, 6) is -4.03. The van der Waals surface area contributed by atoms with E-state index in [1.165, 1.54) is 11.9 Å². The predicted molar refractivity (Wildman–Crippen MR) is 60.1 cm³/mol. The SMILES string of the molecule is CNc1nc(OCC(F)(F)C(F)F)nc(N(C)C)n1. The molecule has 0 unspecified atom stereocenters. The standard InChI is InChI=1S/C9H13F4N5O/c1-14-6-15-7(18(2)3)17-8(16-6)19-4-9(12,13)5(10)11/h5H,4H2,1-3H3,(H,14,15,16,17). The van der Waals surface area contributed by atoms with Crippen LogP contribution in [0.5, 0.6) is 6.01 Å². The Bertz CT molecular complexity index is 429. The molecule has 0 aliphatic heterocycles. The third kappa shape index (κ3) is 4.07. The zero-order valence-corrected chi connectivity index (χ0v) is 10.5. The van der Waals surface area contributed by atoms with Gasteiger partial charge < -0.3 is 15.0 Å². The van der Waals surface area contributed by atoms with Crippen LogP contribution in [0.1, 0.15) is 0 Å². The summed E-state index contributed by atoms with van der Waals surface area (Å²) in [7, 11) is 4.74. The van der Waals surface area contributed by atoms with E-state index in [-0.39, 0.29) is 11.9 Å². The van der Waals surface area contributed by atoms with Crippen molar-refractivity contribution in [1.82, 2.24) is 15.0 Å². The first-order valence-electron chi connectivity index (χ1n) is 5.16. The van der Waals surface area contributed by atoms with Crippen LogP contribution in [0.4, 0.5) is 29.5 Å². The van der Waals surface area contributed by atoms with Crippen LogP contribution in [0, 0.1) is 0 Å². The molecule has 1 aromatic rings. The maximum atomic E-state index is 12.7. The highest BCUT2D eigenvalue weighted by Crippen LogP contribution is 2.23. The zero-order valence-electron chi connectivity index (χ0n) is 10.5. The number of aromatic nitrogens is 3. The van der Waals surface area contributed by atoms with E-state index < -0.39 is 25.0 Å². The fourth-order valence-corrected chi connectivity index (χ4v) is 0.946. The van der Waals surface area contributed by atoms with Crippen LogP contribution < -0.4 is 15.0 Å². The van der Waals surface area contributed by atoms with Gasteiger partial charge >= 0.3 is 18.4 Å². The Morgan fingerprint density at radius 2 is 1.89 bits per heavy atom. The number of nitrogens with one attached hydrogen (secondary N) is 1. The maximum Gasteiger partial charge on any atom is 0.340 e. The number of halogens is 4. The second-order valence-corrected chi connectivity index (χ2v) is 3.74. The Labute approximate surface area is 106 Å². The number of nitrogens with zero attached hydrogens (tertiary/aromatic N) is 4.